The Hall–Kier alpha value is -3.22. The number of rotatable bonds is 5. The second kappa shape index (κ2) is 7.17. The van der Waals surface area contributed by atoms with E-state index in [1.165, 1.54) is 0 Å². The van der Waals surface area contributed by atoms with Crippen LogP contribution in [-0.4, -0.2) is 26.3 Å². The lowest BCUT2D eigenvalue weighted by atomic mass is 10.2. The number of alkyl carbamates (subject to hydrolysis) is 1. The maximum atomic E-state index is 11.7. The first-order chi connectivity index (χ1) is 11.3. The van der Waals surface area contributed by atoms with Crippen molar-refractivity contribution in [3.05, 3.63) is 72.1 Å². The zero-order valence-electron chi connectivity index (χ0n) is 12.3. The molecule has 1 N–H and O–H groups in total. The summed E-state index contributed by atoms with van der Waals surface area (Å²) in [5.74, 6) is 0.521. The Labute approximate surface area is 132 Å². The minimum absolute atomic E-state index is 0.176. The quantitative estimate of drug-likeness (QED) is 0.780. The first-order valence-corrected chi connectivity index (χ1v) is 7.10. The van der Waals surface area contributed by atoms with Crippen molar-refractivity contribution in [3.63, 3.8) is 0 Å². The van der Waals surface area contributed by atoms with Crippen LogP contribution in [0, 0.1) is 0 Å². The number of aromatic nitrogens is 4. The average molecular weight is 309 g/mol. The fourth-order valence-electron chi connectivity index (χ4n) is 2.01. The van der Waals surface area contributed by atoms with Crippen LogP contribution in [0.15, 0.2) is 60.7 Å². The minimum Gasteiger partial charge on any atom is -0.445 e. The number of ether oxygens (including phenoxy) is 1. The van der Waals surface area contributed by atoms with Crippen LogP contribution in [0.1, 0.15) is 11.4 Å². The van der Waals surface area contributed by atoms with Crippen LogP contribution >= 0.6 is 0 Å². The van der Waals surface area contributed by atoms with Gasteiger partial charge in [0.25, 0.3) is 0 Å². The van der Waals surface area contributed by atoms with Crippen molar-refractivity contribution in [1.82, 2.24) is 25.5 Å². The molecule has 2 aromatic carbocycles. The molecule has 1 aromatic heterocycles. The predicted octanol–water partition coefficient (Wildman–Crippen LogP) is 2.09. The monoisotopic (exact) mass is 309 g/mol. The van der Waals surface area contributed by atoms with Crippen LogP contribution in [0.25, 0.3) is 5.69 Å². The fraction of sp³-hybridized carbons (Fsp3) is 0.125. The summed E-state index contributed by atoms with van der Waals surface area (Å²) in [4.78, 5) is 11.7. The van der Waals surface area contributed by atoms with E-state index in [9.17, 15) is 4.79 Å². The van der Waals surface area contributed by atoms with Crippen molar-refractivity contribution >= 4 is 6.09 Å². The summed E-state index contributed by atoms with van der Waals surface area (Å²) in [5.41, 5.74) is 1.75. The number of nitrogens with zero attached hydrogens (tertiary/aromatic N) is 4. The molecule has 3 aromatic rings. The molecule has 0 saturated heterocycles. The van der Waals surface area contributed by atoms with Crippen LogP contribution in [0.3, 0.4) is 0 Å². The summed E-state index contributed by atoms with van der Waals surface area (Å²) in [5, 5.41) is 14.1. The first-order valence-electron chi connectivity index (χ1n) is 7.10. The lowest BCUT2D eigenvalue weighted by molar-refractivity contribution is 0.139. The highest BCUT2D eigenvalue weighted by atomic mass is 16.5. The normalized spacial score (nSPS) is 10.3. The summed E-state index contributed by atoms with van der Waals surface area (Å²) >= 11 is 0. The molecule has 0 unspecified atom stereocenters. The van der Waals surface area contributed by atoms with E-state index in [1.807, 2.05) is 60.7 Å². The maximum Gasteiger partial charge on any atom is 0.407 e. The SMILES string of the molecule is O=C(NCc1nnnn1-c1ccccc1)OCc1ccccc1. The van der Waals surface area contributed by atoms with E-state index < -0.39 is 6.09 Å². The topological polar surface area (TPSA) is 81.9 Å². The van der Waals surface area contributed by atoms with Crippen molar-refractivity contribution in [2.24, 2.45) is 0 Å². The fourth-order valence-corrected chi connectivity index (χ4v) is 2.01. The number of para-hydroxylation sites is 1. The van der Waals surface area contributed by atoms with E-state index in [1.54, 1.807) is 4.68 Å². The molecule has 0 fully saturated rings. The Morgan fingerprint density at radius 3 is 2.48 bits per heavy atom. The largest absolute Gasteiger partial charge is 0.445 e. The molecule has 0 spiro atoms. The highest BCUT2D eigenvalue weighted by molar-refractivity contribution is 5.67. The molecule has 0 aliphatic rings. The van der Waals surface area contributed by atoms with E-state index in [-0.39, 0.29) is 13.2 Å². The van der Waals surface area contributed by atoms with Crippen LogP contribution in [0.5, 0.6) is 0 Å². The number of hydrogen-bond donors (Lipinski definition) is 1. The Morgan fingerprint density at radius 1 is 1.04 bits per heavy atom. The van der Waals surface area contributed by atoms with E-state index >= 15 is 0 Å². The predicted molar refractivity (Wildman–Crippen MR) is 82.6 cm³/mol. The number of tetrazole rings is 1. The Bertz CT molecular complexity index is 758. The van der Waals surface area contributed by atoms with Crippen LogP contribution in [0.4, 0.5) is 4.79 Å². The standard InChI is InChI=1S/C16H15N5O2/c22-16(23-12-13-7-3-1-4-8-13)17-11-15-18-19-20-21(15)14-9-5-2-6-10-14/h1-10H,11-12H2,(H,17,22). The molecule has 7 nitrogen and oxygen atoms in total. The summed E-state index contributed by atoms with van der Waals surface area (Å²) in [7, 11) is 0. The van der Waals surface area contributed by atoms with Gasteiger partial charge in [0.1, 0.15) is 6.61 Å². The van der Waals surface area contributed by atoms with E-state index in [2.05, 4.69) is 20.8 Å². The average Bonchev–Trinajstić information content (AvgIpc) is 3.08. The van der Waals surface area contributed by atoms with E-state index in [0.717, 1.165) is 11.3 Å². The number of carbonyl (C=O) groups is 1. The molecule has 116 valence electrons. The number of hydrogen-bond acceptors (Lipinski definition) is 5. The van der Waals surface area contributed by atoms with Gasteiger partial charge in [0.2, 0.25) is 0 Å². The highest BCUT2D eigenvalue weighted by Crippen LogP contribution is 2.07. The van der Waals surface area contributed by atoms with Crippen molar-refractivity contribution in [1.29, 1.82) is 0 Å². The molecule has 0 saturated carbocycles. The van der Waals surface area contributed by atoms with Gasteiger partial charge in [-0.3, -0.25) is 0 Å². The van der Waals surface area contributed by atoms with Crippen molar-refractivity contribution in [2.45, 2.75) is 13.2 Å². The first kappa shape index (κ1) is 14.7. The molecule has 0 bridgehead atoms. The van der Waals surface area contributed by atoms with Gasteiger partial charge in [0, 0.05) is 0 Å². The van der Waals surface area contributed by atoms with Gasteiger partial charge < -0.3 is 10.1 Å². The van der Waals surface area contributed by atoms with Gasteiger partial charge in [-0.15, -0.1) is 5.10 Å². The Balaban J connectivity index is 1.55. The van der Waals surface area contributed by atoms with Gasteiger partial charge in [-0.05, 0) is 28.1 Å². The molecular weight excluding hydrogens is 294 g/mol. The third-order valence-corrected chi connectivity index (χ3v) is 3.14. The summed E-state index contributed by atoms with van der Waals surface area (Å²) in [6.45, 7) is 0.395. The van der Waals surface area contributed by atoms with Gasteiger partial charge in [-0.1, -0.05) is 48.5 Å². The third-order valence-electron chi connectivity index (χ3n) is 3.14. The second-order valence-corrected chi connectivity index (χ2v) is 4.76. The number of nitrogens with one attached hydrogen (secondary N) is 1. The molecule has 1 heterocycles. The summed E-state index contributed by atoms with van der Waals surface area (Å²) in [6.07, 6.45) is -0.517. The van der Waals surface area contributed by atoms with E-state index in [4.69, 9.17) is 4.74 Å². The Morgan fingerprint density at radius 2 is 1.74 bits per heavy atom. The molecule has 0 radical (unpaired) electrons. The minimum atomic E-state index is -0.517. The highest BCUT2D eigenvalue weighted by Gasteiger charge is 2.10. The van der Waals surface area contributed by atoms with Crippen LogP contribution in [-0.2, 0) is 17.9 Å². The van der Waals surface area contributed by atoms with Gasteiger partial charge in [0.05, 0.1) is 12.2 Å². The van der Waals surface area contributed by atoms with Crippen molar-refractivity contribution in [2.75, 3.05) is 0 Å². The third kappa shape index (κ3) is 3.91. The molecule has 7 heteroatoms. The van der Waals surface area contributed by atoms with Crippen LogP contribution < -0.4 is 5.32 Å². The van der Waals surface area contributed by atoms with Gasteiger partial charge in [-0.2, -0.15) is 4.68 Å². The van der Waals surface area contributed by atoms with Crippen molar-refractivity contribution in [3.8, 4) is 5.69 Å². The molecule has 23 heavy (non-hydrogen) atoms. The molecule has 3 rings (SSSR count). The molecule has 1 amide bonds. The number of amides is 1. The zero-order valence-corrected chi connectivity index (χ0v) is 12.3. The lowest BCUT2D eigenvalue weighted by Gasteiger charge is -2.07. The smallest absolute Gasteiger partial charge is 0.407 e. The lowest BCUT2D eigenvalue weighted by Crippen LogP contribution is -2.25. The molecular formula is C16H15N5O2. The van der Waals surface area contributed by atoms with Gasteiger partial charge >= 0.3 is 6.09 Å². The molecule has 0 aliphatic heterocycles. The summed E-state index contributed by atoms with van der Waals surface area (Å²) in [6, 6.07) is 18.9. The zero-order chi connectivity index (χ0) is 15.9. The number of benzene rings is 2. The number of carbonyl (C=O) groups excluding carboxylic acids is 1. The van der Waals surface area contributed by atoms with Crippen molar-refractivity contribution < 1.29 is 9.53 Å². The maximum absolute atomic E-state index is 11.7. The van der Waals surface area contributed by atoms with Crippen LogP contribution in [0.2, 0.25) is 0 Å². The molecule has 0 atom stereocenters. The van der Waals surface area contributed by atoms with Gasteiger partial charge in [0.15, 0.2) is 5.82 Å². The summed E-state index contributed by atoms with van der Waals surface area (Å²) < 4.78 is 6.71. The second-order valence-electron chi connectivity index (χ2n) is 4.76. The van der Waals surface area contributed by atoms with Gasteiger partial charge in [-0.25, -0.2) is 4.79 Å². The van der Waals surface area contributed by atoms with E-state index in [0.29, 0.717) is 5.82 Å². The molecule has 0 aliphatic carbocycles. The Kier molecular flexibility index (Phi) is 4.58.